The molecule has 0 bridgehead atoms. The fourth-order valence-electron chi connectivity index (χ4n) is 2.30. The van der Waals surface area contributed by atoms with Gasteiger partial charge < -0.3 is 11.5 Å². The SMILES string of the molecule is N=C(N)c1cccc(N[NH2+]c2c(N)ncc3ccc(Br)cc23)c1. The number of hydrogen-bond acceptors (Lipinski definition) is 4. The van der Waals surface area contributed by atoms with Gasteiger partial charge in [0.25, 0.3) is 0 Å². The first kappa shape index (κ1) is 15.3. The van der Waals surface area contributed by atoms with E-state index in [0.717, 1.165) is 26.6 Å². The average Bonchev–Trinajstić information content (AvgIpc) is 2.54. The van der Waals surface area contributed by atoms with Gasteiger partial charge in [0.1, 0.15) is 5.84 Å². The van der Waals surface area contributed by atoms with Gasteiger partial charge in [0.2, 0.25) is 5.69 Å². The van der Waals surface area contributed by atoms with Crippen molar-refractivity contribution >= 4 is 49.7 Å². The zero-order valence-corrected chi connectivity index (χ0v) is 13.8. The van der Waals surface area contributed by atoms with Gasteiger partial charge in [-0.05, 0) is 24.3 Å². The Kier molecular flexibility index (Phi) is 4.14. The van der Waals surface area contributed by atoms with Gasteiger partial charge in [-0.25, -0.2) is 15.8 Å². The van der Waals surface area contributed by atoms with E-state index in [2.05, 4.69) is 26.3 Å². The lowest BCUT2D eigenvalue weighted by Crippen LogP contribution is -2.83. The van der Waals surface area contributed by atoms with Crippen molar-refractivity contribution < 1.29 is 5.43 Å². The molecule has 0 atom stereocenters. The van der Waals surface area contributed by atoms with Gasteiger partial charge >= 0.3 is 0 Å². The molecule has 0 saturated carbocycles. The zero-order valence-electron chi connectivity index (χ0n) is 12.2. The number of nitrogens with one attached hydrogen (secondary N) is 2. The quantitative estimate of drug-likeness (QED) is 0.209. The molecule has 3 rings (SSSR count). The van der Waals surface area contributed by atoms with E-state index in [1.165, 1.54) is 0 Å². The van der Waals surface area contributed by atoms with Gasteiger partial charge in [-0.3, -0.25) is 5.41 Å². The topological polar surface area (TPSA) is 117 Å². The molecule has 7 heteroatoms. The second kappa shape index (κ2) is 6.23. The van der Waals surface area contributed by atoms with E-state index in [-0.39, 0.29) is 5.84 Å². The molecule has 0 aliphatic heterocycles. The Labute approximate surface area is 141 Å². The highest BCUT2D eigenvalue weighted by molar-refractivity contribution is 9.10. The van der Waals surface area contributed by atoms with Crippen LogP contribution in [0.4, 0.5) is 17.2 Å². The number of pyridine rings is 1. The van der Waals surface area contributed by atoms with Gasteiger partial charge in [-0.1, -0.05) is 34.1 Å². The molecule has 0 aliphatic carbocycles. The number of halogens is 1. The molecule has 116 valence electrons. The van der Waals surface area contributed by atoms with Crippen LogP contribution in [0.1, 0.15) is 5.56 Å². The van der Waals surface area contributed by atoms with Crippen molar-refractivity contribution in [2.45, 2.75) is 0 Å². The molecule has 6 nitrogen and oxygen atoms in total. The normalized spacial score (nSPS) is 10.7. The van der Waals surface area contributed by atoms with Crippen molar-refractivity contribution in [1.29, 1.82) is 5.41 Å². The van der Waals surface area contributed by atoms with E-state index >= 15 is 0 Å². The number of nitrogen functional groups attached to an aromatic ring is 3. The third-order valence-electron chi connectivity index (χ3n) is 3.48. The van der Waals surface area contributed by atoms with E-state index in [1.54, 1.807) is 12.3 Å². The van der Waals surface area contributed by atoms with Gasteiger partial charge in [-0.2, -0.15) is 0 Å². The summed E-state index contributed by atoms with van der Waals surface area (Å²) in [4.78, 5) is 4.23. The van der Waals surface area contributed by atoms with Crippen LogP contribution in [0.5, 0.6) is 0 Å². The summed E-state index contributed by atoms with van der Waals surface area (Å²) >= 11 is 3.48. The average molecular weight is 372 g/mol. The minimum atomic E-state index is 0.0314. The molecule has 2 aromatic carbocycles. The molecule has 8 N–H and O–H groups in total. The fourth-order valence-corrected chi connectivity index (χ4v) is 2.67. The largest absolute Gasteiger partial charge is 0.384 e. The first-order valence-electron chi connectivity index (χ1n) is 6.92. The fraction of sp³-hybridized carbons (Fsp3) is 0. The zero-order chi connectivity index (χ0) is 16.4. The lowest BCUT2D eigenvalue weighted by Gasteiger charge is -2.10. The number of hydrogen-bond donors (Lipinski definition) is 5. The number of benzene rings is 2. The number of aromatic nitrogens is 1. The highest BCUT2D eigenvalue weighted by Crippen LogP contribution is 2.26. The number of nitrogens with two attached hydrogens (primary N) is 3. The molecule has 0 saturated heterocycles. The van der Waals surface area contributed by atoms with Crippen LogP contribution in [0, 0.1) is 5.41 Å². The number of nitrogens with zero attached hydrogens (tertiary/aromatic N) is 1. The van der Waals surface area contributed by atoms with Gasteiger partial charge in [0.05, 0.1) is 11.1 Å². The van der Waals surface area contributed by atoms with Crippen molar-refractivity contribution in [2.75, 3.05) is 11.2 Å². The lowest BCUT2D eigenvalue weighted by atomic mass is 10.1. The van der Waals surface area contributed by atoms with Crippen LogP contribution in [0.25, 0.3) is 10.8 Å². The van der Waals surface area contributed by atoms with Crippen LogP contribution in [0.3, 0.4) is 0 Å². The van der Waals surface area contributed by atoms with E-state index in [9.17, 15) is 0 Å². The van der Waals surface area contributed by atoms with Gasteiger partial charge in [-0.15, -0.1) is 0 Å². The van der Waals surface area contributed by atoms with Crippen LogP contribution in [-0.4, -0.2) is 10.8 Å². The molecule has 0 spiro atoms. The molecule has 23 heavy (non-hydrogen) atoms. The minimum absolute atomic E-state index is 0.0314. The highest BCUT2D eigenvalue weighted by Gasteiger charge is 2.12. The number of quaternary nitrogens is 1. The van der Waals surface area contributed by atoms with E-state index in [4.69, 9.17) is 16.9 Å². The Hall–Kier alpha value is -2.64. The predicted octanol–water partition coefficient (Wildman–Crippen LogP) is 2.09. The summed E-state index contributed by atoms with van der Waals surface area (Å²) in [6.07, 6.45) is 1.75. The molecular weight excluding hydrogens is 356 g/mol. The molecule has 0 aliphatic rings. The van der Waals surface area contributed by atoms with Gasteiger partial charge in [0, 0.05) is 21.6 Å². The Balaban J connectivity index is 1.93. The van der Waals surface area contributed by atoms with E-state index in [1.807, 2.05) is 41.8 Å². The number of rotatable bonds is 4. The maximum atomic E-state index is 7.50. The van der Waals surface area contributed by atoms with Crippen LogP contribution in [0.2, 0.25) is 0 Å². The maximum Gasteiger partial charge on any atom is 0.204 e. The van der Waals surface area contributed by atoms with Crippen LogP contribution in [-0.2, 0) is 0 Å². The molecule has 3 aromatic rings. The number of amidine groups is 1. The van der Waals surface area contributed by atoms with Crippen molar-refractivity contribution in [3.05, 3.63) is 58.7 Å². The minimum Gasteiger partial charge on any atom is -0.384 e. The summed E-state index contributed by atoms with van der Waals surface area (Å²) in [5.41, 5.74) is 18.9. The lowest BCUT2D eigenvalue weighted by molar-refractivity contribution is -0.536. The summed E-state index contributed by atoms with van der Waals surface area (Å²) in [5.74, 6) is 0.481. The number of fused-ring (bicyclic) bond motifs is 1. The molecule has 0 amide bonds. The van der Waals surface area contributed by atoms with E-state index < -0.39 is 0 Å². The first-order valence-corrected chi connectivity index (χ1v) is 7.72. The second-order valence-electron chi connectivity index (χ2n) is 5.07. The van der Waals surface area contributed by atoms with E-state index in [0.29, 0.717) is 11.4 Å². The molecule has 1 heterocycles. The van der Waals surface area contributed by atoms with Crippen LogP contribution in [0.15, 0.2) is 53.1 Å². The third-order valence-corrected chi connectivity index (χ3v) is 3.97. The molecule has 0 radical (unpaired) electrons. The first-order chi connectivity index (χ1) is 11.0. The van der Waals surface area contributed by atoms with Crippen molar-refractivity contribution in [1.82, 2.24) is 4.98 Å². The second-order valence-corrected chi connectivity index (χ2v) is 5.99. The highest BCUT2D eigenvalue weighted by atomic mass is 79.9. The standard InChI is InChI=1S/C16H15BrN6/c17-11-5-4-10-8-21-16(20)14(13(10)7-11)23-22-12-3-1-2-9(6-12)15(18)19/h1-8,22-23H,(H3,18,19)(H2,20,21)/p+1. The summed E-state index contributed by atoms with van der Waals surface area (Å²) in [5, 5.41) is 9.51. The predicted molar refractivity (Wildman–Crippen MR) is 96.5 cm³/mol. The van der Waals surface area contributed by atoms with Crippen LogP contribution >= 0.6 is 15.9 Å². The monoisotopic (exact) mass is 371 g/mol. The van der Waals surface area contributed by atoms with Crippen molar-refractivity contribution in [3.63, 3.8) is 0 Å². The molecule has 0 fully saturated rings. The third kappa shape index (κ3) is 3.25. The number of anilines is 2. The van der Waals surface area contributed by atoms with Crippen LogP contribution < -0.4 is 22.3 Å². The van der Waals surface area contributed by atoms with Gasteiger partial charge in [0.15, 0.2) is 5.82 Å². The summed E-state index contributed by atoms with van der Waals surface area (Å²) in [6, 6.07) is 13.3. The Morgan fingerprint density at radius 3 is 2.83 bits per heavy atom. The summed E-state index contributed by atoms with van der Waals surface area (Å²) < 4.78 is 0.976. The molecular formula is C16H16BrN6+. The summed E-state index contributed by atoms with van der Waals surface area (Å²) in [6.45, 7) is 0. The summed E-state index contributed by atoms with van der Waals surface area (Å²) in [7, 11) is 0. The molecule has 0 unspecified atom stereocenters. The van der Waals surface area contributed by atoms with Crippen molar-refractivity contribution in [3.8, 4) is 0 Å². The molecule has 1 aromatic heterocycles. The Morgan fingerprint density at radius 1 is 1.22 bits per heavy atom. The smallest absolute Gasteiger partial charge is 0.204 e. The maximum absolute atomic E-state index is 7.50. The Morgan fingerprint density at radius 2 is 2.04 bits per heavy atom. The van der Waals surface area contributed by atoms with Crippen molar-refractivity contribution in [2.24, 2.45) is 5.73 Å². The Bertz CT molecular complexity index is 888.